The molecule has 1 aliphatic heterocycles. The second-order valence-corrected chi connectivity index (χ2v) is 7.06. The highest BCUT2D eigenvalue weighted by Gasteiger charge is 2.30. The molecule has 1 aromatic carbocycles. The minimum absolute atomic E-state index is 0.128. The minimum Gasteiger partial charge on any atom is -0.497 e. The summed E-state index contributed by atoms with van der Waals surface area (Å²) in [5.41, 5.74) is 4.11. The number of benzene rings is 1. The fourth-order valence-electron chi connectivity index (χ4n) is 4.14. The van der Waals surface area contributed by atoms with Gasteiger partial charge >= 0.3 is 0 Å². The molecular formula is C21H26N2O2. The number of rotatable bonds is 4. The van der Waals surface area contributed by atoms with Crippen LogP contribution >= 0.6 is 0 Å². The van der Waals surface area contributed by atoms with Gasteiger partial charge < -0.3 is 14.8 Å². The summed E-state index contributed by atoms with van der Waals surface area (Å²) in [7, 11) is 1.74. The molecule has 25 heavy (non-hydrogen) atoms. The Morgan fingerprint density at radius 1 is 1.12 bits per heavy atom. The minimum atomic E-state index is 0.128. The van der Waals surface area contributed by atoms with Crippen molar-refractivity contribution in [2.45, 2.75) is 50.3 Å². The summed E-state index contributed by atoms with van der Waals surface area (Å²) in [4.78, 5) is 4.13. The Kier molecular flexibility index (Phi) is 4.99. The summed E-state index contributed by atoms with van der Waals surface area (Å²) in [5, 5.41) is 3.90. The number of fused-ring (bicyclic) bond motifs is 1. The first-order valence-electron chi connectivity index (χ1n) is 9.27. The predicted octanol–water partition coefficient (Wildman–Crippen LogP) is 3.46. The van der Waals surface area contributed by atoms with E-state index in [2.05, 4.69) is 40.6 Å². The molecule has 0 spiro atoms. The van der Waals surface area contributed by atoms with Crippen LogP contribution in [0.15, 0.2) is 42.7 Å². The number of nitrogens with one attached hydrogen (secondary N) is 1. The van der Waals surface area contributed by atoms with Crippen LogP contribution in [0, 0.1) is 0 Å². The van der Waals surface area contributed by atoms with Crippen LogP contribution in [0.3, 0.4) is 0 Å². The number of methoxy groups -OCH3 is 1. The van der Waals surface area contributed by atoms with E-state index in [4.69, 9.17) is 9.47 Å². The van der Waals surface area contributed by atoms with E-state index >= 15 is 0 Å². The Morgan fingerprint density at radius 2 is 2.00 bits per heavy atom. The van der Waals surface area contributed by atoms with Crippen molar-refractivity contribution in [3.05, 3.63) is 59.4 Å². The van der Waals surface area contributed by atoms with E-state index in [1.165, 1.54) is 23.1 Å². The second kappa shape index (κ2) is 7.54. The summed E-state index contributed by atoms with van der Waals surface area (Å²) >= 11 is 0. The molecule has 1 aromatic heterocycles. The molecule has 3 atom stereocenters. The largest absolute Gasteiger partial charge is 0.497 e. The first kappa shape index (κ1) is 16.6. The first-order valence-corrected chi connectivity index (χ1v) is 9.27. The normalized spacial score (nSPS) is 26.0. The van der Waals surface area contributed by atoms with Crippen molar-refractivity contribution < 1.29 is 9.47 Å². The van der Waals surface area contributed by atoms with Crippen molar-refractivity contribution in [3.8, 4) is 5.75 Å². The molecular weight excluding hydrogens is 312 g/mol. The highest BCUT2D eigenvalue weighted by Crippen LogP contribution is 2.31. The molecule has 2 aromatic rings. The molecule has 1 saturated heterocycles. The fraction of sp³-hybridized carbons (Fsp3) is 0.476. The van der Waals surface area contributed by atoms with Crippen LogP contribution in [0.4, 0.5) is 0 Å². The lowest BCUT2D eigenvalue weighted by Crippen LogP contribution is -2.46. The zero-order valence-corrected chi connectivity index (χ0v) is 14.8. The quantitative estimate of drug-likeness (QED) is 0.927. The predicted molar refractivity (Wildman–Crippen MR) is 97.9 cm³/mol. The van der Waals surface area contributed by atoms with Gasteiger partial charge in [-0.25, -0.2) is 0 Å². The van der Waals surface area contributed by atoms with Crippen LogP contribution in [0.2, 0.25) is 0 Å². The van der Waals surface area contributed by atoms with Crippen molar-refractivity contribution in [1.29, 1.82) is 0 Å². The monoisotopic (exact) mass is 338 g/mol. The lowest BCUT2D eigenvalue weighted by atomic mass is 9.86. The maximum absolute atomic E-state index is 6.11. The third-order valence-corrected chi connectivity index (χ3v) is 5.45. The van der Waals surface area contributed by atoms with Crippen LogP contribution in [0.1, 0.15) is 42.1 Å². The molecule has 2 heterocycles. The molecule has 1 aliphatic carbocycles. The van der Waals surface area contributed by atoms with E-state index in [0.717, 1.165) is 38.0 Å². The van der Waals surface area contributed by atoms with Crippen LogP contribution in [-0.4, -0.2) is 30.8 Å². The summed E-state index contributed by atoms with van der Waals surface area (Å²) in [5.74, 6) is 0.954. The number of hydrogen-bond donors (Lipinski definition) is 1. The van der Waals surface area contributed by atoms with Gasteiger partial charge in [-0.3, -0.25) is 4.98 Å². The molecule has 0 amide bonds. The van der Waals surface area contributed by atoms with Gasteiger partial charge in [-0.15, -0.1) is 0 Å². The van der Waals surface area contributed by atoms with E-state index in [9.17, 15) is 0 Å². The van der Waals surface area contributed by atoms with Crippen molar-refractivity contribution in [2.24, 2.45) is 0 Å². The fourth-order valence-corrected chi connectivity index (χ4v) is 4.14. The molecule has 132 valence electrons. The van der Waals surface area contributed by atoms with Gasteiger partial charge in [-0.1, -0.05) is 6.07 Å². The first-order chi connectivity index (χ1) is 12.3. The molecule has 4 heteroatoms. The topological polar surface area (TPSA) is 43.4 Å². The van der Waals surface area contributed by atoms with Gasteiger partial charge in [0, 0.05) is 31.1 Å². The lowest BCUT2D eigenvalue weighted by Gasteiger charge is -2.37. The number of hydrogen-bond acceptors (Lipinski definition) is 4. The van der Waals surface area contributed by atoms with Crippen LogP contribution < -0.4 is 10.1 Å². The third kappa shape index (κ3) is 3.70. The summed E-state index contributed by atoms with van der Waals surface area (Å²) in [6.07, 6.45) is 9.49. The van der Waals surface area contributed by atoms with E-state index < -0.39 is 0 Å². The average Bonchev–Trinajstić information content (AvgIpc) is 2.68. The average molecular weight is 338 g/mol. The van der Waals surface area contributed by atoms with Crippen LogP contribution in [-0.2, 0) is 17.6 Å². The zero-order valence-electron chi connectivity index (χ0n) is 14.8. The number of aryl methyl sites for hydroxylation is 1. The van der Waals surface area contributed by atoms with Crippen molar-refractivity contribution in [2.75, 3.05) is 13.7 Å². The Labute approximate surface area is 149 Å². The van der Waals surface area contributed by atoms with E-state index in [-0.39, 0.29) is 6.10 Å². The van der Waals surface area contributed by atoms with Gasteiger partial charge in [0.2, 0.25) is 0 Å². The number of pyridine rings is 1. The highest BCUT2D eigenvalue weighted by atomic mass is 16.5. The molecule has 0 bridgehead atoms. The molecule has 1 N–H and O–H groups in total. The second-order valence-electron chi connectivity index (χ2n) is 7.06. The Hall–Kier alpha value is -1.91. The summed E-state index contributed by atoms with van der Waals surface area (Å²) < 4.78 is 11.5. The molecule has 1 unspecified atom stereocenters. The van der Waals surface area contributed by atoms with E-state index in [1.54, 1.807) is 7.11 Å². The van der Waals surface area contributed by atoms with Crippen LogP contribution in [0.25, 0.3) is 0 Å². The van der Waals surface area contributed by atoms with Gasteiger partial charge in [-0.2, -0.15) is 0 Å². The van der Waals surface area contributed by atoms with Crippen molar-refractivity contribution in [1.82, 2.24) is 10.3 Å². The Bertz CT molecular complexity index is 704. The molecule has 1 fully saturated rings. The molecule has 2 aliphatic rings. The van der Waals surface area contributed by atoms with E-state index in [0.29, 0.717) is 12.1 Å². The number of nitrogens with zero attached hydrogens (tertiary/aromatic N) is 1. The molecule has 4 rings (SSSR count). The van der Waals surface area contributed by atoms with Gasteiger partial charge in [0.15, 0.2) is 0 Å². The van der Waals surface area contributed by atoms with Gasteiger partial charge in [0.1, 0.15) is 5.75 Å². The maximum Gasteiger partial charge on any atom is 0.119 e. The van der Waals surface area contributed by atoms with Crippen molar-refractivity contribution >= 4 is 0 Å². The lowest BCUT2D eigenvalue weighted by molar-refractivity contribution is -0.0143. The van der Waals surface area contributed by atoms with Gasteiger partial charge in [0.25, 0.3) is 0 Å². The maximum atomic E-state index is 6.11. The SMILES string of the molecule is COc1ccc2c(c1)CC(N[C@H]1CCCO[C@@H]1c1ccncc1)CC2. The van der Waals surface area contributed by atoms with Gasteiger partial charge in [0.05, 0.1) is 13.2 Å². The summed E-state index contributed by atoms with van der Waals surface area (Å²) in [6, 6.07) is 11.5. The molecule has 0 saturated carbocycles. The standard InChI is InChI=1S/C21H26N2O2/c1-24-19-7-5-15-4-6-18(13-17(15)14-19)23-20-3-2-12-25-21(20)16-8-10-22-11-9-16/h5,7-11,14,18,20-21,23H,2-4,6,12-13H2,1H3/t18?,20-,21+/m0/s1. The zero-order chi connectivity index (χ0) is 17.1. The highest BCUT2D eigenvalue weighted by molar-refractivity contribution is 5.38. The number of aromatic nitrogens is 1. The third-order valence-electron chi connectivity index (χ3n) is 5.45. The Balaban J connectivity index is 1.47. The summed E-state index contributed by atoms with van der Waals surface area (Å²) in [6.45, 7) is 0.843. The Morgan fingerprint density at radius 3 is 2.84 bits per heavy atom. The molecule has 4 nitrogen and oxygen atoms in total. The smallest absolute Gasteiger partial charge is 0.119 e. The van der Waals surface area contributed by atoms with E-state index in [1.807, 2.05) is 12.4 Å². The van der Waals surface area contributed by atoms with Gasteiger partial charge in [-0.05, 0) is 73.1 Å². The molecule has 0 radical (unpaired) electrons. The van der Waals surface area contributed by atoms with Crippen LogP contribution in [0.5, 0.6) is 5.75 Å². The number of ether oxygens (including phenoxy) is 2. The van der Waals surface area contributed by atoms with Crippen molar-refractivity contribution in [3.63, 3.8) is 0 Å².